The molecule has 0 aromatic carbocycles. The molecule has 0 bridgehead atoms. The van der Waals surface area contributed by atoms with Crippen LogP contribution in [0.5, 0.6) is 0 Å². The smallest absolute Gasteiger partial charge is 0.306 e. The van der Waals surface area contributed by atoms with E-state index >= 15 is 0 Å². The van der Waals surface area contributed by atoms with Gasteiger partial charge in [0.15, 0.2) is 12.4 Å². The molecule has 0 aliphatic carbocycles. The fourth-order valence-corrected chi connectivity index (χ4v) is 8.08. The van der Waals surface area contributed by atoms with Gasteiger partial charge in [-0.05, 0) is 51.4 Å². The minimum absolute atomic E-state index is 0.159. The molecule has 362 valence electrons. The van der Waals surface area contributed by atoms with Gasteiger partial charge < -0.3 is 34.3 Å². The predicted molar refractivity (Wildman–Crippen MR) is 247 cm³/mol. The van der Waals surface area contributed by atoms with Crippen LogP contribution in [0.2, 0.25) is 0 Å². The highest BCUT2D eigenvalue weighted by atomic mass is 32.2. The second-order valence-corrected chi connectivity index (χ2v) is 18.6. The Kier molecular flexibility index (Phi) is 36.6. The van der Waals surface area contributed by atoms with E-state index in [9.17, 15) is 37.9 Å². The number of esters is 2. The van der Waals surface area contributed by atoms with Gasteiger partial charge in [-0.1, -0.05) is 179 Å². The fourth-order valence-electron chi connectivity index (χ4n) is 7.39. The van der Waals surface area contributed by atoms with E-state index in [1.54, 1.807) is 0 Å². The van der Waals surface area contributed by atoms with Gasteiger partial charge in [-0.3, -0.25) is 14.1 Å². The molecule has 12 nitrogen and oxygen atoms in total. The maximum atomic E-state index is 12.8. The summed E-state index contributed by atoms with van der Waals surface area (Å²) in [6, 6.07) is 0. The number of aliphatic hydroxyl groups excluding tert-OH is 3. The summed E-state index contributed by atoms with van der Waals surface area (Å²) in [6.07, 6.45) is 36.2. The first kappa shape index (κ1) is 57.9. The molecule has 1 heterocycles. The molecule has 0 aromatic rings. The molecule has 2 unspecified atom stereocenters. The molecule has 13 heteroatoms. The highest BCUT2D eigenvalue weighted by Crippen LogP contribution is 2.24. The Labute approximate surface area is 376 Å². The lowest BCUT2D eigenvalue weighted by atomic mass is 10.00. The zero-order valence-electron chi connectivity index (χ0n) is 38.7. The number of aliphatic hydroxyl groups is 3. The van der Waals surface area contributed by atoms with Crippen LogP contribution in [0.15, 0.2) is 36.5 Å². The average molecular weight is 901 g/mol. The number of hydrogen-bond acceptors (Lipinski definition) is 11. The van der Waals surface area contributed by atoms with Gasteiger partial charge in [-0.2, -0.15) is 8.42 Å². The van der Waals surface area contributed by atoms with Crippen molar-refractivity contribution in [1.82, 2.24) is 0 Å². The monoisotopic (exact) mass is 901 g/mol. The van der Waals surface area contributed by atoms with E-state index < -0.39 is 71.2 Å². The van der Waals surface area contributed by atoms with E-state index in [-0.39, 0.29) is 19.4 Å². The standard InChI is InChI=1S/C49H88O12S/c1-3-5-7-9-11-13-15-17-19-20-21-22-24-26-28-30-32-34-36-38-45(51)60-42(40-59-49-48(54)47(53)46(52)43(61-49)41-62(55,56)57)39-58-44(50)37-35-33-31-29-27-25-23-18-16-14-12-10-8-6-4-2/h12,14,18,23,27,29,42-43,46-49,52-54H,3-11,13,15-17,19-22,24-26,28,30-41H2,1-2H3,(H,55,56,57)/b14-12+,23-18+,29-27+/t42-,43-,46-,47?,48?,49+/m1/s1. The topological polar surface area (TPSA) is 186 Å². The third-order valence-corrected chi connectivity index (χ3v) is 12.0. The van der Waals surface area contributed by atoms with Crippen LogP contribution in [0.3, 0.4) is 0 Å². The summed E-state index contributed by atoms with van der Waals surface area (Å²) in [5.41, 5.74) is 0. The number of carbonyl (C=O) groups excluding carboxylic acids is 2. The molecule has 1 saturated heterocycles. The number of rotatable bonds is 41. The highest BCUT2D eigenvalue weighted by Gasteiger charge is 2.46. The summed E-state index contributed by atoms with van der Waals surface area (Å²) >= 11 is 0. The van der Waals surface area contributed by atoms with Gasteiger partial charge in [0.2, 0.25) is 0 Å². The predicted octanol–water partition coefficient (Wildman–Crippen LogP) is 10.6. The lowest BCUT2D eigenvalue weighted by Gasteiger charge is -2.40. The fraction of sp³-hybridized carbons (Fsp3) is 0.837. The van der Waals surface area contributed by atoms with Gasteiger partial charge in [0.25, 0.3) is 10.1 Å². The maximum Gasteiger partial charge on any atom is 0.306 e. The minimum Gasteiger partial charge on any atom is -0.462 e. The molecule has 4 N–H and O–H groups in total. The first-order chi connectivity index (χ1) is 30.0. The van der Waals surface area contributed by atoms with Crippen molar-refractivity contribution in [2.45, 2.75) is 243 Å². The van der Waals surface area contributed by atoms with Crippen LogP contribution in [-0.2, 0) is 38.7 Å². The molecule has 6 atom stereocenters. The van der Waals surface area contributed by atoms with Crippen LogP contribution in [0.25, 0.3) is 0 Å². The summed E-state index contributed by atoms with van der Waals surface area (Å²) in [7, 11) is -4.61. The van der Waals surface area contributed by atoms with Crippen LogP contribution >= 0.6 is 0 Å². The van der Waals surface area contributed by atoms with E-state index in [0.717, 1.165) is 51.4 Å². The van der Waals surface area contributed by atoms with Gasteiger partial charge in [0.1, 0.15) is 36.8 Å². The molecule has 1 fully saturated rings. The summed E-state index contributed by atoms with van der Waals surface area (Å²) in [6.45, 7) is 3.72. The summed E-state index contributed by atoms with van der Waals surface area (Å²) < 4.78 is 54.1. The molecule has 0 spiro atoms. The summed E-state index contributed by atoms with van der Waals surface area (Å²) in [5.74, 6) is -2.02. The molecule has 62 heavy (non-hydrogen) atoms. The second-order valence-electron chi connectivity index (χ2n) is 17.1. The first-order valence-corrected chi connectivity index (χ1v) is 26.2. The van der Waals surface area contributed by atoms with E-state index in [4.69, 9.17) is 18.9 Å². The number of unbranched alkanes of at least 4 members (excludes halogenated alkanes) is 23. The number of hydrogen-bond donors (Lipinski definition) is 4. The lowest BCUT2D eigenvalue weighted by Crippen LogP contribution is -2.60. The minimum atomic E-state index is -4.61. The quantitative estimate of drug-likeness (QED) is 0.0197. The van der Waals surface area contributed by atoms with E-state index in [0.29, 0.717) is 12.8 Å². The van der Waals surface area contributed by atoms with Crippen LogP contribution in [0, 0.1) is 0 Å². The Bertz CT molecular complexity index is 1290. The van der Waals surface area contributed by atoms with Gasteiger partial charge in [-0.25, -0.2) is 0 Å². The molecule has 0 radical (unpaired) electrons. The van der Waals surface area contributed by atoms with Crippen molar-refractivity contribution < 1.29 is 56.8 Å². The van der Waals surface area contributed by atoms with Gasteiger partial charge >= 0.3 is 11.9 Å². The summed E-state index contributed by atoms with van der Waals surface area (Å²) in [4.78, 5) is 25.4. The highest BCUT2D eigenvalue weighted by molar-refractivity contribution is 7.85. The number of ether oxygens (including phenoxy) is 4. The van der Waals surface area contributed by atoms with Crippen molar-refractivity contribution in [1.29, 1.82) is 0 Å². The molecule has 0 saturated carbocycles. The lowest BCUT2D eigenvalue weighted by molar-refractivity contribution is -0.297. The van der Waals surface area contributed by atoms with Crippen molar-refractivity contribution in [3.63, 3.8) is 0 Å². The zero-order valence-corrected chi connectivity index (χ0v) is 39.5. The number of carbonyl (C=O) groups is 2. The van der Waals surface area contributed by atoms with Crippen LogP contribution < -0.4 is 0 Å². The van der Waals surface area contributed by atoms with Crippen molar-refractivity contribution in [2.24, 2.45) is 0 Å². The molecular formula is C49H88O12S. The van der Waals surface area contributed by atoms with Crippen LogP contribution in [0.1, 0.15) is 206 Å². The van der Waals surface area contributed by atoms with E-state index in [1.807, 2.05) is 0 Å². The van der Waals surface area contributed by atoms with E-state index in [2.05, 4.69) is 50.3 Å². The Hall–Kier alpha value is -2.13. The van der Waals surface area contributed by atoms with Crippen molar-refractivity contribution in [3.8, 4) is 0 Å². The average Bonchev–Trinajstić information content (AvgIpc) is 3.24. The Morgan fingerprint density at radius 3 is 1.47 bits per heavy atom. The van der Waals surface area contributed by atoms with Gasteiger partial charge in [0, 0.05) is 12.8 Å². The van der Waals surface area contributed by atoms with Crippen molar-refractivity contribution >= 4 is 22.1 Å². The second kappa shape index (κ2) is 39.3. The third-order valence-electron chi connectivity index (χ3n) is 11.2. The van der Waals surface area contributed by atoms with Crippen molar-refractivity contribution in [3.05, 3.63) is 36.5 Å². The van der Waals surface area contributed by atoms with Crippen molar-refractivity contribution in [2.75, 3.05) is 19.0 Å². The van der Waals surface area contributed by atoms with Gasteiger partial charge in [-0.15, -0.1) is 0 Å². The first-order valence-electron chi connectivity index (χ1n) is 24.5. The molecule has 0 aromatic heterocycles. The Morgan fingerprint density at radius 2 is 0.968 bits per heavy atom. The Morgan fingerprint density at radius 1 is 0.548 bits per heavy atom. The zero-order chi connectivity index (χ0) is 45.5. The Balaban J connectivity index is 2.42. The molecular weight excluding hydrogens is 813 g/mol. The maximum absolute atomic E-state index is 12.8. The molecule has 1 aliphatic heterocycles. The third kappa shape index (κ3) is 33.4. The van der Waals surface area contributed by atoms with Gasteiger partial charge in [0.05, 0.1) is 6.61 Å². The normalized spacial score (nSPS) is 20.1. The summed E-state index contributed by atoms with van der Waals surface area (Å²) in [5, 5.41) is 30.9. The molecule has 1 aliphatic rings. The largest absolute Gasteiger partial charge is 0.462 e. The van der Waals surface area contributed by atoms with Crippen LogP contribution in [-0.4, -0.2) is 96.0 Å². The molecule has 0 amide bonds. The van der Waals surface area contributed by atoms with Crippen LogP contribution in [0.4, 0.5) is 0 Å². The number of allylic oxidation sites excluding steroid dienone is 6. The SMILES string of the molecule is CCCCC/C=C/C/C=C/C/C=C/CCCCC(=O)OC[C@H](CO[C@H]1O[C@H](CS(=O)(=O)O)[C@@H](O)C(O)C1O)OC(=O)CCCCCCCCCCCCCCCCCCCCC. The molecule has 1 rings (SSSR count). The van der Waals surface area contributed by atoms with E-state index in [1.165, 1.54) is 116 Å².